The predicted octanol–water partition coefficient (Wildman–Crippen LogP) is 4.68. The summed E-state index contributed by atoms with van der Waals surface area (Å²) in [6, 6.07) is 12.8. The fourth-order valence-corrected chi connectivity index (χ4v) is 2.95. The number of nitro benzene ring substituents is 1. The second-order valence-electron chi connectivity index (χ2n) is 4.65. The molecule has 0 bridgehead atoms. The molecule has 0 aliphatic carbocycles. The van der Waals surface area contributed by atoms with Crippen LogP contribution in [-0.2, 0) is 0 Å². The molecule has 3 rings (SSSR count). The largest absolute Gasteiger partial charge is 0.270 e. The summed E-state index contributed by atoms with van der Waals surface area (Å²) >= 11 is 1.45. The zero-order valence-corrected chi connectivity index (χ0v) is 12.1. The van der Waals surface area contributed by atoms with Gasteiger partial charge < -0.3 is 0 Å². The Morgan fingerprint density at radius 1 is 1.19 bits per heavy atom. The summed E-state index contributed by atoms with van der Waals surface area (Å²) in [5, 5.41) is 11.6. The van der Waals surface area contributed by atoms with E-state index in [9.17, 15) is 10.1 Å². The molecule has 0 unspecified atom stereocenters. The SMILES string of the molecule is Cc1ccccc1/C=C/c1nc2ccc([N+](=O)[O-])cc2s1. The van der Waals surface area contributed by atoms with Crippen LogP contribution in [-0.4, -0.2) is 9.91 Å². The lowest BCUT2D eigenvalue weighted by atomic mass is 10.1. The van der Waals surface area contributed by atoms with Gasteiger partial charge in [-0.15, -0.1) is 11.3 Å². The molecule has 21 heavy (non-hydrogen) atoms. The molecule has 1 heterocycles. The van der Waals surface area contributed by atoms with Gasteiger partial charge in [-0.3, -0.25) is 10.1 Å². The fraction of sp³-hybridized carbons (Fsp3) is 0.0625. The summed E-state index contributed by atoms with van der Waals surface area (Å²) < 4.78 is 0.827. The van der Waals surface area contributed by atoms with Crippen molar-refractivity contribution < 1.29 is 4.92 Å². The minimum Gasteiger partial charge on any atom is -0.258 e. The van der Waals surface area contributed by atoms with Crippen molar-refractivity contribution in [1.29, 1.82) is 0 Å². The molecular formula is C16H12N2O2S. The second kappa shape index (κ2) is 5.46. The number of aromatic nitrogens is 1. The molecule has 0 amide bonds. The first-order valence-electron chi connectivity index (χ1n) is 6.42. The highest BCUT2D eigenvalue weighted by atomic mass is 32.1. The first kappa shape index (κ1) is 13.5. The van der Waals surface area contributed by atoms with Crippen molar-refractivity contribution in [3.8, 4) is 0 Å². The molecule has 0 aliphatic rings. The molecule has 1 aromatic heterocycles. The topological polar surface area (TPSA) is 56.0 Å². The average molecular weight is 296 g/mol. The van der Waals surface area contributed by atoms with E-state index in [1.807, 2.05) is 30.4 Å². The maximum absolute atomic E-state index is 10.8. The summed E-state index contributed by atoms with van der Waals surface area (Å²) in [6.07, 6.45) is 3.96. The van der Waals surface area contributed by atoms with Gasteiger partial charge in [-0.05, 0) is 30.2 Å². The number of benzene rings is 2. The zero-order chi connectivity index (χ0) is 14.8. The van der Waals surface area contributed by atoms with Crippen molar-refractivity contribution in [3.63, 3.8) is 0 Å². The van der Waals surface area contributed by atoms with Crippen LogP contribution in [0, 0.1) is 17.0 Å². The summed E-state index contributed by atoms with van der Waals surface area (Å²) in [5.41, 5.74) is 3.23. The van der Waals surface area contributed by atoms with E-state index in [0.29, 0.717) is 0 Å². The van der Waals surface area contributed by atoms with E-state index in [1.165, 1.54) is 23.0 Å². The van der Waals surface area contributed by atoms with Crippen LogP contribution in [0.5, 0.6) is 0 Å². The molecule has 0 spiro atoms. The second-order valence-corrected chi connectivity index (χ2v) is 5.71. The fourth-order valence-electron chi connectivity index (χ4n) is 2.05. The Hall–Kier alpha value is -2.53. The lowest BCUT2D eigenvalue weighted by Gasteiger charge is -1.97. The van der Waals surface area contributed by atoms with Gasteiger partial charge in [0, 0.05) is 12.1 Å². The third-order valence-electron chi connectivity index (χ3n) is 3.19. The van der Waals surface area contributed by atoms with Crippen molar-refractivity contribution in [2.45, 2.75) is 6.92 Å². The lowest BCUT2D eigenvalue weighted by Crippen LogP contribution is -1.85. The van der Waals surface area contributed by atoms with Gasteiger partial charge in [-0.25, -0.2) is 4.98 Å². The van der Waals surface area contributed by atoms with Gasteiger partial charge in [-0.2, -0.15) is 0 Å². The number of nitro groups is 1. The van der Waals surface area contributed by atoms with Crippen LogP contribution in [0.15, 0.2) is 42.5 Å². The third kappa shape index (κ3) is 2.83. The first-order chi connectivity index (χ1) is 10.1. The van der Waals surface area contributed by atoms with Gasteiger partial charge in [0.05, 0.1) is 15.1 Å². The van der Waals surface area contributed by atoms with Gasteiger partial charge in [0.2, 0.25) is 0 Å². The molecule has 0 aliphatic heterocycles. The number of non-ortho nitro benzene ring substituents is 1. The quantitative estimate of drug-likeness (QED) is 0.520. The highest BCUT2D eigenvalue weighted by molar-refractivity contribution is 7.19. The number of nitrogens with zero attached hydrogens (tertiary/aromatic N) is 2. The lowest BCUT2D eigenvalue weighted by molar-refractivity contribution is -0.384. The Kier molecular flexibility index (Phi) is 3.50. The molecule has 0 N–H and O–H groups in total. The van der Waals surface area contributed by atoms with Crippen LogP contribution >= 0.6 is 11.3 Å². The van der Waals surface area contributed by atoms with Crippen molar-refractivity contribution in [3.05, 3.63) is 68.7 Å². The van der Waals surface area contributed by atoms with Crippen molar-refractivity contribution in [1.82, 2.24) is 4.98 Å². The highest BCUT2D eigenvalue weighted by Gasteiger charge is 2.09. The number of hydrogen-bond donors (Lipinski definition) is 0. The molecule has 0 saturated heterocycles. The van der Waals surface area contributed by atoms with Gasteiger partial charge in [0.15, 0.2) is 0 Å². The van der Waals surface area contributed by atoms with E-state index in [2.05, 4.69) is 18.0 Å². The van der Waals surface area contributed by atoms with Crippen molar-refractivity contribution in [2.75, 3.05) is 0 Å². The monoisotopic (exact) mass is 296 g/mol. The van der Waals surface area contributed by atoms with Crippen LogP contribution in [0.3, 0.4) is 0 Å². The van der Waals surface area contributed by atoms with E-state index >= 15 is 0 Å². The number of thiazole rings is 1. The molecule has 0 radical (unpaired) electrons. The molecule has 2 aromatic carbocycles. The Morgan fingerprint density at radius 3 is 2.76 bits per heavy atom. The summed E-state index contributed by atoms with van der Waals surface area (Å²) in [7, 11) is 0. The van der Waals surface area contributed by atoms with E-state index < -0.39 is 0 Å². The zero-order valence-electron chi connectivity index (χ0n) is 11.3. The number of rotatable bonds is 3. The molecule has 0 fully saturated rings. The van der Waals surface area contributed by atoms with Crippen molar-refractivity contribution >= 4 is 39.4 Å². The Bertz CT molecular complexity index is 852. The van der Waals surface area contributed by atoms with Gasteiger partial charge in [0.1, 0.15) is 5.01 Å². The smallest absolute Gasteiger partial charge is 0.258 e. The van der Waals surface area contributed by atoms with E-state index in [1.54, 1.807) is 12.1 Å². The normalized spacial score (nSPS) is 11.3. The van der Waals surface area contributed by atoms with Crippen molar-refractivity contribution in [2.24, 2.45) is 0 Å². The number of hydrogen-bond acceptors (Lipinski definition) is 4. The summed E-state index contributed by atoms with van der Waals surface area (Å²) in [5.74, 6) is 0. The Balaban J connectivity index is 1.95. The highest BCUT2D eigenvalue weighted by Crippen LogP contribution is 2.27. The third-order valence-corrected chi connectivity index (χ3v) is 4.18. The first-order valence-corrected chi connectivity index (χ1v) is 7.24. The predicted molar refractivity (Wildman–Crippen MR) is 86.4 cm³/mol. The maximum Gasteiger partial charge on any atom is 0.270 e. The maximum atomic E-state index is 10.8. The number of aryl methyl sites for hydroxylation is 1. The van der Waals surface area contributed by atoms with E-state index in [-0.39, 0.29) is 10.6 Å². The van der Waals surface area contributed by atoms with Crippen LogP contribution in [0.25, 0.3) is 22.4 Å². The molecule has 104 valence electrons. The van der Waals surface area contributed by atoms with E-state index in [4.69, 9.17) is 0 Å². The molecule has 4 nitrogen and oxygen atoms in total. The van der Waals surface area contributed by atoms with Gasteiger partial charge in [0.25, 0.3) is 5.69 Å². The summed E-state index contributed by atoms with van der Waals surface area (Å²) in [6.45, 7) is 2.06. The molecule has 5 heteroatoms. The molecule has 0 saturated carbocycles. The minimum atomic E-state index is -0.387. The van der Waals surface area contributed by atoms with E-state index in [0.717, 1.165) is 20.8 Å². The van der Waals surface area contributed by atoms with Crippen LogP contribution in [0.1, 0.15) is 16.1 Å². The molecular weight excluding hydrogens is 284 g/mol. The number of fused-ring (bicyclic) bond motifs is 1. The molecule has 3 aromatic rings. The Morgan fingerprint density at radius 2 is 2.00 bits per heavy atom. The Labute approximate surface area is 125 Å². The van der Waals surface area contributed by atoms with Crippen LogP contribution in [0.4, 0.5) is 5.69 Å². The minimum absolute atomic E-state index is 0.0978. The standard InChI is InChI=1S/C16H12N2O2S/c1-11-4-2-3-5-12(11)6-9-16-17-14-8-7-13(18(19)20)10-15(14)21-16/h2-10H,1H3/b9-6+. The van der Waals surface area contributed by atoms with Crippen LogP contribution in [0.2, 0.25) is 0 Å². The molecule has 0 atom stereocenters. The summed E-state index contributed by atoms with van der Waals surface area (Å²) in [4.78, 5) is 14.9. The van der Waals surface area contributed by atoms with Gasteiger partial charge >= 0.3 is 0 Å². The van der Waals surface area contributed by atoms with Gasteiger partial charge in [-0.1, -0.05) is 30.3 Å². The van der Waals surface area contributed by atoms with Crippen LogP contribution < -0.4 is 0 Å². The average Bonchev–Trinajstić information content (AvgIpc) is 2.88.